The Bertz CT molecular complexity index is 980. The van der Waals surface area contributed by atoms with Gasteiger partial charge in [0, 0.05) is 11.1 Å². The minimum atomic E-state index is -3.68. The fraction of sp³-hybridized carbons (Fsp3) is 0.125. The number of hydrogen-bond acceptors (Lipinski definition) is 7. The first-order valence-electron chi connectivity index (χ1n) is 7.54. The molecule has 0 saturated heterocycles. The lowest BCUT2D eigenvalue weighted by molar-refractivity contribution is 0.102. The maximum Gasteiger partial charge on any atom is 0.275 e. The number of carbonyl (C=O) groups is 1. The highest BCUT2D eigenvalue weighted by atomic mass is 32.2. The number of sulfonamides is 1. The number of nitrogens with zero attached hydrogens (tertiary/aromatic N) is 1. The topological polar surface area (TPSA) is 97.4 Å². The number of carbonyl (C=O) groups excluding carboxylic acids is 1. The molecule has 0 saturated carbocycles. The monoisotopic (exact) mass is 409 g/mol. The molecule has 1 amide bonds. The molecule has 0 fully saturated rings. The van der Waals surface area contributed by atoms with Crippen molar-refractivity contribution in [2.75, 3.05) is 16.6 Å². The SMILES string of the molecule is CCOc1ccc(NC(=O)c2csc(NS(=O)(=O)c3cccs3)n2)cc1. The van der Waals surface area contributed by atoms with Gasteiger partial charge in [-0.05, 0) is 42.6 Å². The highest BCUT2D eigenvalue weighted by Gasteiger charge is 2.18. The number of amides is 1. The second-order valence-electron chi connectivity index (χ2n) is 4.99. The fourth-order valence-electron chi connectivity index (χ4n) is 2.00. The van der Waals surface area contributed by atoms with Crippen molar-refractivity contribution < 1.29 is 17.9 Å². The van der Waals surface area contributed by atoms with E-state index in [4.69, 9.17) is 4.74 Å². The lowest BCUT2D eigenvalue weighted by Gasteiger charge is -2.06. The Balaban J connectivity index is 1.66. The maximum atomic E-state index is 12.3. The van der Waals surface area contributed by atoms with E-state index in [0.29, 0.717) is 18.0 Å². The Hall–Kier alpha value is -2.43. The summed E-state index contributed by atoms with van der Waals surface area (Å²) < 4.78 is 32.2. The highest BCUT2D eigenvalue weighted by molar-refractivity contribution is 7.94. The lowest BCUT2D eigenvalue weighted by Crippen LogP contribution is -2.14. The van der Waals surface area contributed by atoms with Crippen molar-refractivity contribution >= 4 is 49.4 Å². The Kier molecular flexibility index (Phi) is 5.55. The van der Waals surface area contributed by atoms with Crippen molar-refractivity contribution in [3.8, 4) is 5.75 Å². The van der Waals surface area contributed by atoms with Gasteiger partial charge in [-0.15, -0.1) is 22.7 Å². The lowest BCUT2D eigenvalue weighted by atomic mass is 10.3. The van der Waals surface area contributed by atoms with Crippen molar-refractivity contribution in [2.24, 2.45) is 0 Å². The van der Waals surface area contributed by atoms with E-state index in [1.165, 1.54) is 11.4 Å². The average molecular weight is 410 g/mol. The molecule has 7 nitrogen and oxygen atoms in total. The second kappa shape index (κ2) is 7.85. The van der Waals surface area contributed by atoms with Crippen molar-refractivity contribution in [3.63, 3.8) is 0 Å². The van der Waals surface area contributed by atoms with Crippen LogP contribution in [0.1, 0.15) is 17.4 Å². The van der Waals surface area contributed by atoms with E-state index in [0.717, 1.165) is 22.7 Å². The summed E-state index contributed by atoms with van der Waals surface area (Å²) in [6.07, 6.45) is 0. The predicted octanol–water partition coefficient (Wildman–Crippen LogP) is 3.66. The number of ether oxygens (including phenoxy) is 1. The molecule has 1 aromatic carbocycles. The van der Waals surface area contributed by atoms with E-state index in [-0.39, 0.29) is 15.0 Å². The van der Waals surface area contributed by atoms with Gasteiger partial charge in [0.25, 0.3) is 15.9 Å². The molecule has 0 bridgehead atoms. The number of aromatic nitrogens is 1. The van der Waals surface area contributed by atoms with Gasteiger partial charge < -0.3 is 10.1 Å². The van der Waals surface area contributed by atoms with Gasteiger partial charge in [-0.25, -0.2) is 13.4 Å². The van der Waals surface area contributed by atoms with Gasteiger partial charge in [0.15, 0.2) is 5.13 Å². The molecular formula is C16H15N3O4S3. The Morgan fingerprint density at radius 2 is 1.96 bits per heavy atom. The predicted molar refractivity (Wildman–Crippen MR) is 103 cm³/mol. The summed E-state index contributed by atoms with van der Waals surface area (Å²) in [4.78, 5) is 16.3. The quantitative estimate of drug-likeness (QED) is 0.621. The minimum absolute atomic E-state index is 0.132. The third-order valence-corrected chi connectivity index (χ3v) is 6.76. The minimum Gasteiger partial charge on any atom is -0.494 e. The largest absolute Gasteiger partial charge is 0.494 e. The number of thiophene rings is 1. The molecule has 0 atom stereocenters. The van der Waals surface area contributed by atoms with Gasteiger partial charge in [-0.3, -0.25) is 9.52 Å². The zero-order valence-corrected chi connectivity index (χ0v) is 16.1. The molecule has 3 rings (SSSR count). The summed E-state index contributed by atoms with van der Waals surface area (Å²) in [6.45, 7) is 2.46. The van der Waals surface area contributed by atoms with E-state index >= 15 is 0 Å². The summed E-state index contributed by atoms with van der Waals surface area (Å²) in [7, 11) is -3.68. The van der Waals surface area contributed by atoms with Crippen LogP contribution in [0, 0.1) is 0 Å². The molecule has 0 radical (unpaired) electrons. The van der Waals surface area contributed by atoms with Gasteiger partial charge in [-0.1, -0.05) is 6.07 Å². The zero-order chi connectivity index (χ0) is 18.6. The number of benzene rings is 1. The summed E-state index contributed by atoms with van der Waals surface area (Å²) in [6, 6.07) is 10.1. The van der Waals surface area contributed by atoms with E-state index in [2.05, 4.69) is 15.0 Å². The summed E-state index contributed by atoms with van der Waals surface area (Å²) in [5.74, 6) is 0.288. The van der Waals surface area contributed by atoms with Crippen LogP contribution < -0.4 is 14.8 Å². The number of rotatable bonds is 7. The Morgan fingerprint density at radius 3 is 2.62 bits per heavy atom. The molecule has 10 heteroatoms. The molecule has 3 aromatic rings. The summed E-state index contributed by atoms with van der Waals surface area (Å²) >= 11 is 2.15. The molecule has 136 valence electrons. The van der Waals surface area contributed by atoms with Gasteiger partial charge in [-0.2, -0.15) is 0 Å². The number of thiazole rings is 1. The van der Waals surface area contributed by atoms with Crippen molar-refractivity contribution in [1.29, 1.82) is 0 Å². The van der Waals surface area contributed by atoms with E-state index in [1.807, 2.05) is 6.92 Å². The first-order chi connectivity index (χ1) is 12.5. The van der Waals surface area contributed by atoms with Crippen molar-refractivity contribution in [1.82, 2.24) is 4.98 Å². The van der Waals surface area contributed by atoms with E-state index in [9.17, 15) is 13.2 Å². The van der Waals surface area contributed by atoms with Gasteiger partial charge in [0.1, 0.15) is 15.7 Å². The Labute approximate surface area is 158 Å². The van der Waals surface area contributed by atoms with Crippen LogP contribution in [0.3, 0.4) is 0 Å². The number of anilines is 2. The van der Waals surface area contributed by atoms with Gasteiger partial charge >= 0.3 is 0 Å². The number of hydrogen-bond donors (Lipinski definition) is 2. The van der Waals surface area contributed by atoms with Gasteiger partial charge in [0.05, 0.1) is 6.61 Å². The van der Waals surface area contributed by atoms with Crippen LogP contribution in [0.25, 0.3) is 0 Å². The first-order valence-corrected chi connectivity index (χ1v) is 10.8. The Morgan fingerprint density at radius 1 is 1.19 bits per heavy atom. The molecule has 0 spiro atoms. The average Bonchev–Trinajstić information content (AvgIpc) is 3.28. The molecule has 2 aromatic heterocycles. The fourth-order valence-corrected chi connectivity index (χ4v) is 4.94. The highest BCUT2D eigenvalue weighted by Crippen LogP contribution is 2.23. The summed E-state index contributed by atoms with van der Waals surface area (Å²) in [5.41, 5.74) is 0.722. The third kappa shape index (κ3) is 4.40. The molecular weight excluding hydrogens is 394 g/mol. The van der Waals surface area contributed by atoms with Crippen LogP contribution in [-0.2, 0) is 10.0 Å². The molecule has 26 heavy (non-hydrogen) atoms. The van der Waals surface area contributed by atoms with Crippen LogP contribution in [-0.4, -0.2) is 25.9 Å². The molecule has 0 aliphatic heterocycles. The van der Waals surface area contributed by atoms with Crippen LogP contribution in [0.15, 0.2) is 51.4 Å². The van der Waals surface area contributed by atoms with Crippen molar-refractivity contribution in [3.05, 3.63) is 52.9 Å². The number of nitrogens with one attached hydrogen (secondary N) is 2. The normalized spacial score (nSPS) is 11.1. The summed E-state index contributed by atoms with van der Waals surface area (Å²) in [5, 5.41) is 6.01. The molecule has 2 heterocycles. The van der Waals surface area contributed by atoms with Crippen molar-refractivity contribution in [2.45, 2.75) is 11.1 Å². The zero-order valence-electron chi connectivity index (χ0n) is 13.6. The second-order valence-corrected chi connectivity index (χ2v) is 8.70. The standard InChI is InChI=1S/C16H15N3O4S3/c1-2-23-12-7-5-11(6-8-12)17-15(20)13-10-25-16(18-13)19-26(21,22)14-4-3-9-24-14/h3-10H,2H2,1H3,(H,17,20)(H,18,19). The molecule has 2 N–H and O–H groups in total. The van der Waals surface area contributed by atoms with Crippen LogP contribution in [0.2, 0.25) is 0 Å². The first kappa shape index (κ1) is 18.4. The smallest absolute Gasteiger partial charge is 0.275 e. The van der Waals surface area contributed by atoms with E-state index < -0.39 is 15.9 Å². The van der Waals surface area contributed by atoms with Gasteiger partial charge in [0.2, 0.25) is 0 Å². The van der Waals surface area contributed by atoms with E-state index in [1.54, 1.807) is 35.7 Å². The third-order valence-electron chi connectivity index (χ3n) is 3.14. The van der Waals surface area contributed by atoms with Crippen LogP contribution in [0.5, 0.6) is 5.75 Å². The molecule has 0 aliphatic carbocycles. The molecule has 0 unspecified atom stereocenters. The molecule has 0 aliphatic rings. The van der Waals surface area contributed by atoms with Crippen LogP contribution >= 0.6 is 22.7 Å². The maximum absolute atomic E-state index is 12.3. The van der Waals surface area contributed by atoms with Crippen LogP contribution in [0.4, 0.5) is 10.8 Å².